The summed E-state index contributed by atoms with van der Waals surface area (Å²) in [5.41, 5.74) is 1.05. The molecule has 1 saturated heterocycles. The van der Waals surface area contributed by atoms with Crippen molar-refractivity contribution in [3.8, 4) is 5.75 Å². The number of hydrogen-bond donors (Lipinski definition) is 0. The predicted molar refractivity (Wildman–Crippen MR) is 79.8 cm³/mol. The van der Waals surface area contributed by atoms with Crippen molar-refractivity contribution >= 4 is 11.6 Å². The third-order valence-electron chi connectivity index (χ3n) is 3.29. The molecule has 0 unspecified atom stereocenters. The zero-order chi connectivity index (χ0) is 14.2. The molecule has 0 spiro atoms. The molecular formula is C15H22ClNO3. The molecule has 1 aromatic rings. The maximum absolute atomic E-state index is 6.09. The summed E-state index contributed by atoms with van der Waals surface area (Å²) in [5.74, 6) is 0.756. The van der Waals surface area contributed by atoms with E-state index in [1.165, 1.54) is 0 Å². The summed E-state index contributed by atoms with van der Waals surface area (Å²) >= 11 is 6.09. The van der Waals surface area contributed by atoms with Gasteiger partial charge in [-0.3, -0.25) is 4.90 Å². The van der Waals surface area contributed by atoms with Crippen LogP contribution in [0, 0.1) is 6.92 Å². The molecule has 0 atom stereocenters. The van der Waals surface area contributed by atoms with E-state index >= 15 is 0 Å². The van der Waals surface area contributed by atoms with Gasteiger partial charge in [-0.15, -0.1) is 0 Å². The van der Waals surface area contributed by atoms with Crippen LogP contribution in [0.1, 0.15) is 5.56 Å². The predicted octanol–water partition coefficient (Wildman–Crippen LogP) is 2.38. The van der Waals surface area contributed by atoms with Crippen molar-refractivity contribution < 1.29 is 14.2 Å². The van der Waals surface area contributed by atoms with Gasteiger partial charge in [-0.1, -0.05) is 23.7 Å². The van der Waals surface area contributed by atoms with Crippen LogP contribution in [0.25, 0.3) is 0 Å². The van der Waals surface area contributed by atoms with Gasteiger partial charge in [0, 0.05) is 19.6 Å². The largest absolute Gasteiger partial charge is 0.489 e. The maximum atomic E-state index is 6.09. The van der Waals surface area contributed by atoms with Gasteiger partial charge in [0.2, 0.25) is 0 Å². The Labute approximate surface area is 125 Å². The van der Waals surface area contributed by atoms with Crippen LogP contribution in [0.4, 0.5) is 0 Å². The molecule has 5 heteroatoms. The average molecular weight is 300 g/mol. The van der Waals surface area contributed by atoms with Crippen LogP contribution in [0.5, 0.6) is 5.75 Å². The van der Waals surface area contributed by atoms with E-state index in [1.54, 1.807) is 0 Å². The SMILES string of the molecule is Cc1cccc(Cl)c1OCCOCCN1CCOCC1. The van der Waals surface area contributed by atoms with Crippen LogP contribution in [0.15, 0.2) is 18.2 Å². The quantitative estimate of drug-likeness (QED) is 0.723. The van der Waals surface area contributed by atoms with Crippen LogP contribution in [-0.4, -0.2) is 57.6 Å². The first kappa shape index (κ1) is 15.6. The molecule has 1 heterocycles. The first-order valence-electron chi connectivity index (χ1n) is 7.03. The highest BCUT2D eigenvalue weighted by molar-refractivity contribution is 6.32. The summed E-state index contributed by atoms with van der Waals surface area (Å²) in [6.45, 7) is 8.42. The molecule has 0 saturated carbocycles. The molecule has 1 aliphatic rings. The Bertz CT molecular complexity index is 388. The first-order chi connectivity index (χ1) is 9.77. The zero-order valence-corrected chi connectivity index (χ0v) is 12.7. The summed E-state index contributed by atoms with van der Waals surface area (Å²) in [6, 6.07) is 5.74. The monoisotopic (exact) mass is 299 g/mol. The van der Waals surface area contributed by atoms with E-state index < -0.39 is 0 Å². The molecule has 0 radical (unpaired) electrons. The Hall–Kier alpha value is -0.810. The molecule has 0 aliphatic carbocycles. The molecule has 1 aromatic carbocycles. The summed E-state index contributed by atoms with van der Waals surface area (Å²) in [6.07, 6.45) is 0. The number of rotatable bonds is 7. The van der Waals surface area contributed by atoms with Crippen molar-refractivity contribution in [3.63, 3.8) is 0 Å². The van der Waals surface area contributed by atoms with Gasteiger partial charge in [0.15, 0.2) is 0 Å². The minimum atomic E-state index is 0.522. The van der Waals surface area contributed by atoms with Crippen molar-refractivity contribution in [1.29, 1.82) is 0 Å². The van der Waals surface area contributed by atoms with Gasteiger partial charge < -0.3 is 14.2 Å². The van der Waals surface area contributed by atoms with Gasteiger partial charge in [0.25, 0.3) is 0 Å². The number of ether oxygens (including phenoxy) is 3. The van der Waals surface area contributed by atoms with Gasteiger partial charge >= 0.3 is 0 Å². The van der Waals surface area contributed by atoms with E-state index in [0.29, 0.717) is 18.2 Å². The first-order valence-corrected chi connectivity index (χ1v) is 7.41. The Morgan fingerprint density at radius 3 is 2.75 bits per heavy atom. The summed E-state index contributed by atoms with van der Waals surface area (Å²) in [4.78, 5) is 2.35. The average Bonchev–Trinajstić information content (AvgIpc) is 2.46. The van der Waals surface area contributed by atoms with E-state index in [1.807, 2.05) is 25.1 Å². The molecule has 1 aliphatic heterocycles. The highest BCUT2D eigenvalue weighted by Gasteiger charge is 2.09. The Balaban J connectivity index is 1.57. The fraction of sp³-hybridized carbons (Fsp3) is 0.600. The Morgan fingerprint density at radius 1 is 1.20 bits per heavy atom. The Kier molecular flexibility index (Phi) is 6.60. The molecule has 20 heavy (non-hydrogen) atoms. The second-order valence-electron chi connectivity index (χ2n) is 4.80. The molecule has 0 bridgehead atoms. The van der Waals surface area contributed by atoms with E-state index in [9.17, 15) is 0 Å². The van der Waals surface area contributed by atoms with Crippen molar-refractivity contribution in [3.05, 3.63) is 28.8 Å². The van der Waals surface area contributed by atoms with Crippen LogP contribution >= 0.6 is 11.6 Å². The normalized spacial score (nSPS) is 16.3. The minimum absolute atomic E-state index is 0.522. The van der Waals surface area contributed by atoms with Crippen molar-refractivity contribution in [2.24, 2.45) is 0 Å². The Morgan fingerprint density at radius 2 is 2.00 bits per heavy atom. The van der Waals surface area contributed by atoms with Crippen LogP contribution in [-0.2, 0) is 9.47 Å². The fourth-order valence-corrected chi connectivity index (χ4v) is 2.40. The lowest BCUT2D eigenvalue weighted by Crippen LogP contribution is -2.38. The fourth-order valence-electron chi connectivity index (χ4n) is 2.12. The summed E-state index contributed by atoms with van der Waals surface area (Å²) in [5, 5.41) is 0.651. The number of benzene rings is 1. The molecule has 2 rings (SSSR count). The smallest absolute Gasteiger partial charge is 0.140 e. The van der Waals surface area contributed by atoms with E-state index in [2.05, 4.69) is 4.90 Å². The molecule has 1 fully saturated rings. The van der Waals surface area contributed by atoms with Crippen LogP contribution in [0.3, 0.4) is 0 Å². The lowest BCUT2D eigenvalue weighted by Gasteiger charge is -2.26. The molecular weight excluding hydrogens is 278 g/mol. The van der Waals surface area contributed by atoms with Crippen molar-refractivity contribution in [2.45, 2.75) is 6.92 Å². The second-order valence-corrected chi connectivity index (χ2v) is 5.21. The van der Waals surface area contributed by atoms with Crippen LogP contribution < -0.4 is 4.74 Å². The third kappa shape index (κ3) is 4.94. The number of hydrogen-bond acceptors (Lipinski definition) is 4. The van der Waals surface area contributed by atoms with Crippen molar-refractivity contribution in [1.82, 2.24) is 4.90 Å². The summed E-state index contributed by atoms with van der Waals surface area (Å²) in [7, 11) is 0. The van der Waals surface area contributed by atoms with Crippen molar-refractivity contribution in [2.75, 3.05) is 52.7 Å². The second kappa shape index (κ2) is 8.47. The van der Waals surface area contributed by atoms with Gasteiger partial charge in [-0.25, -0.2) is 0 Å². The molecule has 0 aromatic heterocycles. The molecule has 0 N–H and O–H groups in total. The van der Waals surface area contributed by atoms with Gasteiger partial charge in [-0.05, 0) is 18.6 Å². The number of nitrogens with zero attached hydrogens (tertiary/aromatic N) is 1. The highest BCUT2D eigenvalue weighted by Crippen LogP contribution is 2.27. The number of para-hydroxylation sites is 1. The third-order valence-corrected chi connectivity index (χ3v) is 3.59. The molecule has 112 valence electrons. The van der Waals surface area contributed by atoms with Gasteiger partial charge in [0.05, 0.1) is 31.5 Å². The lowest BCUT2D eigenvalue weighted by molar-refractivity contribution is 0.0170. The molecule has 4 nitrogen and oxygen atoms in total. The molecule has 0 amide bonds. The van der Waals surface area contributed by atoms with E-state index in [4.69, 9.17) is 25.8 Å². The highest BCUT2D eigenvalue weighted by atomic mass is 35.5. The standard InChI is InChI=1S/C15H22ClNO3/c1-13-3-2-4-14(16)15(13)20-12-11-19-10-7-17-5-8-18-9-6-17/h2-4H,5-12H2,1H3. The summed E-state index contributed by atoms with van der Waals surface area (Å²) < 4.78 is 16.6. The van der Waals surface area contributed by atoms with Crippen LogP contribution in [0.2, 0.25) is 5.02 Å². The minimum Gasteiger partial charge on any atom is -0.489 e. The topological polar surface area (TPSA) is 30.9 Å². The van der Waals surface area contributed by atoms with Gasteiger partial charge in [0.1, 0.15) is 12.4 Å². The number of aryl methyl sites for hydroxylation is 1. The van der Waals surface area contributed by atoms with E-state index in [-0.39, 0.29) is 0 Å². The zero-order valence-electron chi connectivity index (χ0n) is 11.9. The van der Waals surface area contributed by atoms with E-state index in [0.717, 1.165) is 50.8 Å². The maximum Gasteiger partial charge on any atom is 0.140 e. The number of morpholine rings is 1. The van der Waals surface area contributed by atoms with Gasteiger partial charge in [-0.2, -0.15) is 0 Å². The lowest BCUT2D eigenvalue weighted by atomic mass is 10.2. The number of halogens is 1.